The van der Waals surface area contributed by atoms with E-state index in [1.54, 1.807) is 11.3 Å². The fourth-order valence-electron chi connectivity index (χ4n) is 5.02. The van der Waals surface area contributed by atoms with Crippen molar-refractivity contribution < 1.29 is 24.5 Å². The largest absolute Gasteiger partial charge is 0.481 e. The number of fused-ring (bicyclic) bond motifs is 1. The van der Waals surface area contributed by atoms with E-state index in [1.165, 1.54) is 4.70 Å². The molecule has 0 spiro atoms. The highest BCUT2D eigenvalue weighted by atomic mass is 32.1. The van der Waals surface area contributed by atoms with Gasteiger partial charge in [0.1, 0.15) is 6.10 Å². The van der Waals surface area contributed by atoms with Crippen molar-refractivity contribution in [1.82, 2.24) is 0 Å². The lowest BCUT2D eigenvalue weighted by Gasteiger charge is -2.29. The predicted octanol–water partition coefficient (Wildman–Crippen LogP) is 6.80. The number of aliphatic carboxylic acids is 1. The zero-order valence-corrected chi connectivity index (χ0v) is 21.0. The van der Waals surface area contributed by atoms with Gasteiger partial charge in [-0.15, -0.1) is 11.3 Å². The lowest BCUT2D eigenvalue weighted by Crippen LogP contribution is -2.30. The summed E-state index contributed by atoms with van der Waals surface area (Å²) in [7, 11) is 0. The molecule has 6 heteroatoms. The summed E-state index contributed by atoms with van der Waals surface area (Å²) in [6.45, 7) is 5.10. The molecule has 2 aliphatic rings. The SMILES string of the molecule is C=C1C[C@@H](OC2CCCCO2)[C@H](/C=C/[C@@H](O)c2cc3ccccc3s2)[C@H]1C/C=C\CCCC(=O)O. The molecule has 1 aromatic heterocycles. The topological polar surface area (TPSA) is 76.0 Å². The van der Waals surface area contributed by atoms with Crippen LogP contribution in [-0.4, -0.2) is 35.2 Å². The van der Waals surface area contributed by atoms with Gasteiger partial charge in [0.25, 0.3) is 0 Å². The number of thiophene rings is 1. The van der Waals surface area contributed by atoms with E-state index in [0.29, 0.717) is 6.42 Å². The van der Waals surface area contributed by atoms with E-state index in [4.69, 9.17) is 14.6 Å². The molecule has 2 fully saturated rings. The van der Waals surface area contributed by atoms with E-state index >= 15 is 0 Å². The van der Waals surface area contributed by atoms with Crippen LogP contribution >= 0.6 is 11.3 Å². The van der Waals surface area contributed by atoms with Crippen molar-refractivity contribution in [3.05, 3.63) is 71.7 Å². The van der Waals surface area contributed by atoms with Crippen LogP contribution in [0, 0.1) is 11.8 Å². The van der Waals surface area contributed by atoms with Gasteiger partial charge in [-0.2, -0.15) is 0 Å². The molecule has 1 aliphatic heterocycles. The van der Waals surface area contributed by atoms with Gasteiger partial charge in [-0.25, -0.2) is 0 Å². The Balaban J connectivity index is 1.45. The fraction of sp³-hybridized carbons (Fsp3) is 0.483. The Labute approximate surface area is 211 Å². The molecule has 4 rings (SSSR count). The Kier molecular flexibility index (Phi) is 9.32. The van der Waals surface area contributed by atoms with Crippen molar-refractivity contribution >= 4 is 27.4 Å². The summed E-state index contributed by atoms with van der Waals surface area (Å²) in [6, 6.07) is 10.2. The summed E-state index contributed by atoms with van der Waals surface area (Å²) in [5.41, 5.74) is 1.16. The van der Waals surface area contributed by atoms with E-state index < -0.39 is 12.1 Å². The average Bonchev–Trinajstić information content (AvgIpc) is 3.41. The van der Waals surface area contributed by atoms with Crippen LogP contribution in [0.3, 0.4) is 0 Å². The Morgan fingerprint density at radius 2 is 2.14 bits per heavy atom. The Hall–Kier alpha value is -2.25. The second-order valence-corrected chi connectivity index (χ2v) is 10.6. The number of hydrogen-bond donors (Lipinski definition) is 2. The van der Waals surface area contributed by atoms with E-state index in [0.717, 1.165) is 61.0 Å². The van der Waals surface area contributed by atoms with Gasteiger partial charge >= 0.3 is 5.97 Å². The molecule has 0 amide bonds. The first-order chi connectivity index (χ1) is 17.0. The number of rotatable bonds is 11. The van der Waals surface area contributed by atoms with Crippen molar-refractivity contribution in [3.63, 3.8) is 0 Å². The van der Waals surface area contributed by atoms with Gasteiger partial charge in [0, 0.05) is 28.5 Å². The third kappa shape index (κ3) is 7.14. The first-order valence-electron chi connectivity index (χ1n) is 12.7. The van der Waals surface area contributed by atoms with Crippen LogP contribution in [0.25, 0.3) is 10.1 Å². The van der Waals surface area contributed by atoms with Crippen molar-refractivity contribution in [3.8, 4) is 0 Å². The van der Waals surface area contributed by atoms with Gasteiger partial charge in [-0.1, -0.05) is 54.7 Å². The van der Waals surface area contributed by atoms with Crippen LogP contribution in [-0.2, 0) is 14.3 Å². The number of carboxylic acid groups (broad SMARTS) is 1. The highest BCUT2D eigenvalue weighted by Crippen LogP contribution is 2.42. The Morgan fingerprint density at radius 1 is 1.29 bits per heavy atom. The van der Waals surface area contributed by atoms with Gasteiger partial charge in [0.2, 0.25) is 0 Å². The molecule has 0 bridgehead atoms. The van der Waals surface area contributed by atoms with Crippen molar-refractivity contribution in [2.24, 2.45) is 11.8 Å². The minimum atomic E-state index is -0.755. The minimum Gasteiger partial charge on any atom is -0.481 e. The minimum absolute atomic E-state index is 0.0260. The van der Waals surface area contributed by atoms with Crippen molar-refractivity contribution in [2.45, 2.75) is 69.9 Å². The number of ether oxygens (including phenoxy) is 2. The van der Waals surface area contributed by atoms with Crippen LogP contribution in [0.2, 0.25) is 0 Å². The van der Waals surface area contributed by atoms with Crippen LogP contribution < -0.4 is 0 Å². The maximum Gasteiger partial charge on any atom is 0.303 e. The van der Waals surface area contributed by atoms with Crippen molar-refractivity contribution in [1.29, 1.82) is 0 Å². The molecule has 1 saturated carbocycles. The molecule has 1 aliphatic carbocycles. The maximum absolute atomic E-state index is 10.9. The van der Waals surface area contributed by atoms with Crippen LogP contribution in [0.4, 0.5) is 0 Å². The quantitative estimate of drug-likeness (QED) is 0.264. The number of carboxylic acids is 1. The number of aliphatic hydroxyl groups is 1. The number of benzene rings is 1. The molecule has 2 N–H and O–H groups in total. The number of unbranched alkanes of at least 4 members (excludes halogenated alkanes) is 1. The smallest absolute Gasteiger partial charge is 0.303 e. The number of aliphatic hydroxyl groups excluding tert-OH is 1. The molecule has 0 radical (unpaired) electrons. The molecule has 1 saturated heterocycles. The molecule has 5 nitrogen and oxygen atoms in total. The van der Waals surface area contributed by atoms with E-state index in [9.17, 15) is 9.90 Å². The van der Waals surface area contributed by atoms with E-state index in [1.807, 2.05) is 18.2 Å². The Morgan fingerprint density at radius 3 is 2.91 bits per heavy atom. The second kappa shape index (κ2) is 12.6. The second-order valence-electron chi connectivity index (χ2n) is 9.53. The summed E-state index contributed by atoms with van der Waals surface area (Å²) >= 11 is 1.62. The summed E-state index contributed by atoms with van der Waals surface area (Å²) in [4.78, 5) is 11.7. The molecular formula is C29H36O5S. The zero-order valence-electron chi connectivity index (χ0n) is 20.2. The molecular weight excluding hydrogens is 460 g/mol. The van der Waals surface area contributed by atoms with Crippen LogP contribution in [0.1, 0.15) is 62.3 Å². The van der Waals surface area contributed by atoms with Gasteiger partial charge < -0.3 is 19.7 Å². The molecule has 35 heavy (non-hydrogen) atoms. The fourth-order valence-corrected chi connectivity index (χ4v) is 6.05. The van der Waals surface area contributed by atoms with Gasteiger partial charge in [0.15, 0.2) is 6.29 Å². The Bertz CT molecular complexity index is 1020. The first kappa shape index (κ1) is 25.8. The lowest BCUT2D eigenvalue weighted by atomic mass is 9.89. The average molecular weight is 497 g/mol. The standard InChI is InChI=1S/C29H36O5S/c1-20-18-25(34-29-14-8-9-17-33-29)23(22(20)11-4-2-3-5-13-28(31)32)15-16-24(30)27-19-21-10-6-7-12-26(21)35-27/h2,4,6-7,10,12,15-16,19,22-25,29-30H,1,3,5,8-9,11,13-14,17-18H2,(H,31,32)/b4-2-,16-15+/t22-,23+,24+,25+,29?/m0/s1. The maximum atomic E-state index is 10.9. The van der Waals surface area contributed by atoms with Gasteiger partial charge in [-0.3, -0.25) is 4.79 Å². The summed E-state index contributed by atoms with van der Waals surface area (Å²) in [5.74, 6) is -0.444. The van der Waals surface area contributed by atoms with Gasteiger partial charge in [-0.05, 0) is 68.4 Å². The third-order valence-electron chi connectivity index (χ3n) is 6.92. The monoisotopic (exact) mass is 496 g/mol. The first-order valence-corrected chi connectivity index (χ1v) is 13.5. The summed E-state index contributed by atoms with van der Waals surface area (Å²) < 4.78 is 13.4. The number of allylic oxidation sites excluding steroid dienone is 2. The molecule has 1 aromatic carbocycles. The number of carbonyl (C=O) groups is 1. The van der Waals surface area contributed by atoms with Gasteiger partial charge in [0.05, 0.1) is 6.10 Å². The zero-order chi connectivity index (χ0) is 24.6. The number of hydrogen-bond acceptors (Lipinski definition) is 5. The predicted molar refractivity (Wildman–Crippen MR) is 140 cm³/mol. The molecule has 2 aromatic rings. The molecule has 2 heterocycles. The van der Waals surface area contributed by atoms with Crippen molar-refractivity contribution in [2.75, 3.05) is 6.61 Å². The third-order valence-corrected chi connectivity index (χ3v) is 8.10. The van der Waals surface area contributed by atoms with E-state index in [-0.39, 0.29) is 30.7 Å². The highest BCUT2D eigenvalue weighted by Gasteiger charge is 2.39. The molecule has 188 valence electrons. The lowest BCUT2D eigenvalue weighted by molar-refractivity contribution is -0.192. The van der Waals surface area contributed by atoms with Crippen LogP contribution in [0.15, 0.2) is 66.8 Å². The van der Waals surface area contributed by atoms with E-state index in [2.05, 4.69) is 43.0 Å². The summed E-state index contributed by atoms with van der Waals surface area (Å²) in [6.07, 6.45) is 13.7. The molecule has 1 unspecified atom stereocenters. The highest BCUT2D eigenvalue weighted by molar-refractivity contribution is 7.19. The molecule has 5 atom stereocenters. The van der Waals surface area contributed by atoms with Crippen LogP contribution in [0.5, 0.6) is 0 Å². The summed E-state index contributed by atoms with van der Waals surface area (Å²) in [5, 5.41) is 20.9. The normalized spacial score (nSPS) is 26.3.